The Labute approximate surface area is 268 Å². The highest BCUT2D eigenvalue weighted by Crippen LogP contribution is 2.35. The molecule has 0 saturated heterocycles. The van der Waals surface area contributed by atoms with Crippen LogP contribution in [0.15, 0.2) is 103 Å². The van der Waals surface area contributed by atoms with Crippen molar-refractivity contribution >= 4 is 17.5 Å². The molecule has 0 amide bonds. The number of alkyl halides is 3. The number of allylic oxidation sites excluding steroid dienone is 4. The van der Waals surface area contributed by atoms with Gasteiger partial charge in [-0.3, -0.25) is 4.79 Å². The highest BCUT2D eigenvalue weighted by molar-refractivity contribution is 5.80. The summed E-state index contributed by atoms with van der Waals surface area (Å²) in [5, 5.41) is 2.58. The molecule has 1 aliphatic rings. The van der Waals surface area contributed by atoms with Crippen molar-refractivity contribution in [1.82, 2.24) is 0 Å². The molecule has 1 saturated carbocycles. The van der Waals surface area contributed by atoms with Crippen molar-refractivity contribution in [2.75, 3.05) is 5.32 Å². The quantitative estimate of drug-likeness (QED) is 0.108. The summed E-state index contributed by atoms with van der Waals surface area (Å²) >= 11 is 0. The highest BCUT2D eigenvalue weighted by Gasteiger charge is 2.30. The number of aryl methyl sites for hydroxylation is 1. The van der Waals surface area contributed by atoms with Gasteiger partial charge in [-0.15, -0.1) is 0 Å². The van der Waals surface area contributed by atoms with Gasteiger partial charge in [-0.2, -0.15) is 13.2 Å². The van der Waals surface area contributed by atoms with Crippen LogP contribution in [0.2, 0.25) is 0 Å². The molecule has 0 spiro atoms. The Morgan fingerprint density at radius 1 is 0.911 bits per heavy atom. The van der Waals surface area contributed by atoms with Gasteiger partial charge < -0.3 is 11.1 Å². The maximum Gasteiger partial charge on any atom is 0.415 e. The number of benzene rings is 3. The molecule has 4 rings (SSSR count). The van der Waals surface area contributed by atoms with Gasteiger partial charge in [0.1, 0.15) is 5.82 Å². The fraction of sp³-hybridized carbons (Fsp3) is 0.342. The zero-order valence-corrected chi connectivity index (χ0v) is 27.8. The fourth-order valence-corrected chi connectivity index (χ4v) is 3.78. The molecular weight excluding hydrogens is 576 g/mol. The number of rotatable bonds is 9. The smallest absolute Gasteiger partial charge is 0.353 e. The van der Waals surface area contributed by atoms with E-state index in [1.165, 1.54) is 24.0 Å². The van der Waals surface area contributed by atoms with E-state index in [0.717, 1.165) is 23.5 Å². The van der Waals surface area contributed by atoms with E-state index in [0.29, 0.717) is 30.2 Å². The van der Waals surface area contributed by atoms with Gasteiger partial charge in [-0.05, 0) is 90.3 Å². The molecule has 0 heterocycles. The van der Waals surface area contributed by atoms with Crippen LogP contribution >= 0.6 is 0 Å². The first-order valence-electron chi connectivity index (χ1n) is 15.6. The SMILES string of the molecule is C=C(/C=C(/C=O)Nc1cccc(CN)c1)C(F)(F)F.CC.CC.CC.Cc1cc(/C(=C\CC2CC2)c2ccccc2)ccc1F. The summed E-state index contributed by atoms with van der Waals surface area (Å²) < 4.78 is 50.4. The number of carbonyl (C=O) groups is 1. The summed E-state index contributed by atoms with van der Waals surface area (Å²) in [7, 11) is 0. The van der Waals surface area contributed by atoms with Crippen molar-refractivity contribution in [3.63, 3.8) is 0 Å². The lowest BCUT2D eigenvalue weighted by molar-refractivity contribution is -0.104. The summed E-state index contributed by atoms with van der Waals surface area (Å²) in [5.74, 6) is 0.721. The Balaban J connectivity index is 0.000000739. The van der Waals surface area contributed by atoms with E-state index < -0.39 is 11.7 Å². The summed E-state index contributed by atoms with van der Waals surface area (Å²) in [6.07, 6.45) is 2.53. The van der Waals surface area contributed by atoms with Gasteiger partial charge in [0.25, 0.3) is 0 Å². The molecule has 246 valence electrons. The van der Waals surface area contributed by atoms with Crippen LogP contribution in [0.3, 0.4) is 0 Å². The second kappa shape index (κ2) is 22.5. The monoisotopic (exact) mass is 626 g/mol. The predicted octanol–water partition coefficient (Wildman–Crippen LogP) is 11.2. The van der Waals surface area contributed by atoms with Crippen LogP contribution in [0, 0.1) is 18.7 Å². The summed E-state index contributed by atoms with van der Waals surface area (Å²) in [4.78, 5) is 10.8. The third-order valence-electron chi connectivity index (χ3n) is 6.18. The summed E-state index contributed by atoms with van der Waals surface area (Å²) in [6, 6.07) is 22.5. The maximum atomic E-state index is 13.5. The maximum absolute atomic E-state index is 13.5. The number of carbonyl (C=O) groups excluding carboxylic acids is 1. The largest absolute Gasteiger partial charge is 0.415 e. The zero-order chi connectivity index (χ0) is 34.4. The first-order valence-corrected chi connectivity index (χ1v) is 15.6. The Morgan fingerprint density at radius 3 is 2.04 bits per heavy atom. The third-order valence-corrected chi connectivity index (χ3v) is 6.18. The number of nitrogens with two attached hydrogens (primary N) is 1. The van der Waals surface area contributed by atoms with Crippen LogP contribution in [-0.4, -0.2) is 12.5 Å². The van der Waals surface area contributed by atoms with Crippen LogP contribution in [-0.2, 0) is 11.3 Å². The molecule has 0 aromatic heterocycles. The first kappa shape index (κ1) is 41.0. The Kier molecular flexibility index (Phi) is 20.5. The topological polar surface area (TPSA) is 55.1 Å². The molecular formula is C38H50F4N2O. The first-order chi connectivity index (χ1) is 21.6. The van der Waals surface area contributed by atoms with Gasteiger partial charge in [0.15, 0.2) is 6.29 Å². The molecule has 45 heavy (non-hydrogen) atoms. The molecule has 7 heteroatoms. The second-order valence-corrected chi connectivity index (χ2v) is 9.40. The van der Waals surface area contributed by atoms with E-state index in [4.69, 9.17) is 5.73 Å². The Morgan fingerprint density at radius 2 is 1.53 bits per heavy atom. The number of hydrogen-bond acceptors (Lipinski definition) is 3. The van der Waals surface area contributed by atoms with E-state index in [1.807, 2.05) is 66.7 Å². The van der Waals surface area contributed by atoms with Crippen molar-refractivity contribution in [3.05, 3.63) is 131 Å². The summed E-state index contributed by atoms with van der Waals surface area (Å²) in [6.45, 7) is 17.0. The second-order valence-electron chi connectivity index (χ2n) is 9.40. The fourth-order valence-electron chi connectivity index (χ4n) is 3.78. The molecule has 0 radical (unpaired) electrons. The van der Waals surface area contributed by atoms with Gasteiger partial charge in [-0.1, -0.05) is 103 Å². The molecule has 1 fully saturated rings. The highest BCUT2D eigenvalue weighted by atomic mass is 19.4. The van der Waals surface area contributed by atoms with E-state index in [9.17, 15) is 22.4 Å². The van der Waals surface area contributed by atoms with Crippen LogP contribution in [0.25, 0.3) is 5.57 Å². The van der Waals surface area contributed by atoms with Crippen LogP contribution < -0.4 is 11.1 Å². The third kappa shape index (κ3) is 15.5. The van der Waals surface area contributed by atoms with Crippen molar-refractivity contribution in [2.45, 2.75) is 80.4 Å². The number of nitrogens with one attached hydrogen (secondary N) is 1. The Bertz CT molecular complexity index is 1340. The van der Waals surface area contributed by atoms with Gasteiger partial charge in [0.05, 0.1) is 11.3 Å². The van der Waals surface area contributed by atoms with Gasteiger partial charge in [0.2, 0.25) is 0 Å². The number of hydrogen-bond donors (Lipinski definition) is 2. The van der Waals surface area contributed by atoms with Gasteiger partial charge in [0, 0.05) is 12.2 Å². The molecule has 0 bridgehead atoms. The lowest BCUT2D eigenvalue weighted by Gasteiger charge is -2.10. The molecule has 0 unspecified atom stereocenters. The average molecular weight is 627 g/mol. The number of halogens is 4. The van der Waals surface area contributed by atoms with E-state index in [2.05, 4.69) is 42.2 Å². The van der Waals surface area contributed by atoms with Gasteiger partial charge in [-0.25, -0.2) is 4.39 Å². The van der Waals surface area contributed by atoms with Crippen LogP contribution in [0.1, 0.15) is 83.1 Å². The molecule has 3 nitrogen and oxygen atoms in total. The predicted molar refractivity (Wildman–Crippen MR) is 183 cm³/mol. The Hall–Kier alpha value is -3.97. The number of aldehydes is 1. The molecule has 0 aliphatic heterocycles. The van der Waals surface area contributed by atoms with Gasteiger partial charge >= 0.3 is 6.18 Å². The average Bonchev–Trinajstić information content (AvgIpc) is 3.90. The van der Waals surface area contributed by atoms with Crippen molar-refractivity contribution < 1.29 is 22.4 Å². The van der Waals surface area contributed by atoms with E-state index >= 15 is 0 Å². The molecule has 3 aromatic rings. The minimum Gasteiger partial charge on any atom is -0.353 e. The molecule has 3 N–H and O–H groups in total. The minimum absolute atomic E-state index is 0.136. The molecule has 1 aliphatic carbocycles. The minimum atomic E-state index is -4.56. The van der Waals surface area contributed by atoms with Crippen molar-refractivity contribution in [3.8, 4) is 0 Å². The van der Waals surface area contributed by atoms with E-state index in [-0.39, 0.29) is 11.5 Å². The van der Waals surface area contributed by atoms with Crippen LogP contribution in [0.4, 0.5) is 23.2 Å². The number of anilines is 1. The summed E-state index contributed by atoms with van der Waals surface area (Å²) in [5.41, 5.74) is 9.64. The standard InChI is InChI=1S/C19H19F.C13H13F3N2O.3C2H6/c1-14-13-17(10-12-19(14)20)18(11-9-15-7-8-15)16-5-3-2-4-6-16;1-9(13(14,15)16)5-12(8-19)18-11-4-2-3-10(6-11)7-17;3*1-2/h2-6,10-13,15H,7-9H2,1H3;2-6,8,18H,1,7,17H2;3*1-2H3/b18-11-;12-5-;;;. The lowest BCUT2D eigenvalue weighted by atomic mass is 9.95. The van der Waals surface area contributed by atoms with Crippen LogP contribution in [0.5, 0.6) is 0 Å². The van der Waals surface area contributed by atoms with Crippen molar-refractivity contribution in [2.24, 2.45) is 11.7 Å². The van der Waals surface area contributed by atoms with E-state index in [1.54, 1.807) is 30.3 Å². The van der Waals surface area contributed by atoms with Crippen molar-refractivity contribution in [1.29, 1.82) is 0 Å². The lowest BCUT2D eigenvalue weighted by Crippen LogP contribution is -2.11. The molecule has 3 aromatic carbocycles. The molecule has 0 atom stereocenters. The zero-order valence-electron chi connectivity index (χ0n) is 27.8. The normalized spacial score (nSPS) is 12.4.